The topological polar surface area (TPSA) is 46.2 Å². The van der Waals surface area contributed by atoms with E-state index in [9.17, 15) is 8.42 Å². The summed E-state index contributed by atoms with van der Waals surface area (Å²) >= 11 is 9.38. The third-order valence-electron chi connectivity index (χ3n) is 3.57. The molecule has 1 N–H and O–H groups in total. The van der Waals surface area contributed by atoms with Crippen LogP contribution in [0.15, 0.2) is 51.8 Å². The van der Waals surface area contributed by atoms with Crippen LogP contribution in [0.2, 0.25) is 5.02 Å². The smallest absolute Gasteiger partial charge is 0.178 e. The first-order valence-electron chi connectivity index (χ1n) is 6.51. The molecule has 0 saturated heterocycles. The fourth-order valence-electron chi connectivity index (χ4n) is 2.53. The monoisotopic (exact) mass is 385 g/mol. The minimum atomic E-state index is -3.15. The summed E-state index contributed by atoms with van der Waals surface area (Å²) in [6, 6.07) is 12.7. The highest BCUT2D eigenvalue weighted by Gasteiger charge is 2.29. The van der Waals surface area contributed by atoms with Crippen molar-refractivity contribution < 1.29 is 8.42 Å². The van der Waals surface area contributed by atoms with Crippen LogP contribution in [0.3, 0.4) is 0 Å². The van der Waals surface area contributed by atoms with E-state index in [0.29, 0.717) is 16.3 Å². The zero-order chi connectivity index (χ0) is 15.0. The lowest BCUT2D eigenvalue weighted by atomic mass is 10.0. The summed E-state index contributed by atoms with van der Waals surface area (Å²) < 4.78 is 25.0. The average Bonchev–Trinajstić information content (AvgIpc) is 2.46. The Morgan fingerprint density at radius 3 is 2.71 bits per heavy atom. The maximum absolute atomic E-state index is 12.1. The van der Waals surface area contributed by atoms with Crippen molar-refractivity contribution in [1.29, 1.82) is 0 Å². The molecule has 0 aromatic heterocycles. The van der Waals surface area contributed by atoms with Crippen molar-refractivity contribution in [2.75, 3.05) is 11.1 Å². The molecule has 110 valence electrons. The van der Waals surface area contributed by atoms with Gasteiger partial charge in [-0.25, -0.2) is 8.42 Å². The number of rotatable bonds is 2. The van der Waals surface area contributed by atoms with E-state index in [2.05, 4.69) is 21.2 Å². The maximum Gasteiger partial charge on any atom is 0.178 e. The lowest BCUT2D eigenvalue weighted by molar-refractivity contribution is 0.576. The standard InChI is InChI=1S/C15H13BrClNO2S/c16-12-9-10(5-6-13(12)17)18-14-7-8-21(19,20)15-4-2-1-3-11(14)15/h1-6,9,14,18H,7-8H2. The van der Waals surface area contributed by atoms with Gasteiger partial charge in [-0.3, -0.25) is 0 Å². The molecule has 1 aliphatic rings. The fraction of sp³-hybridized carbons (Fsp3) is 0.200. The molecule has 1 unspecified atom stereocenters. The van der Waals surface area contributed by atoms with E-state index >= 15 is 0 Å². The van der Waals surface area contributed by atoms with E-state index in [1.165, 1.54) is 0 Å². The van der Waals surface area contributed by atoms with Gasteiger partial charge in [0, 0.05) is 10.2 Å². The maximum atomic E-state index is 12.1. The van der Waals surface area contributed by atoms with Crippen molar-refractivity contribution in [3.05, 3.63) is 57.5 Å². The Bertz CT molecular complexity index is 792. The van der Waals surface area contributed by atoms with Crippen molar-refractivity contribution in [2.24, 2.45) is 0 Å². The number of hydrogen-bond donors (Lipinski definition) is 1. The fourth-order valence-corrected chi connectivity index (χ4v) is 4.64. The highest BCUT2D eigenvalue weighted by atomic mass is 79.9. The number of nitrogens with one attached hydrogen (secondary N) is 1. The van der Waals surface area contributed by atoms with Crippen molar-refractivity contribution in [2.45, 2.75) is 17.4 Å². The molecule has 2 aromatic carbocycles. The number of benzene rings is 2. The van der Waals surface area contributed by atoms with Gasteiger partial charge in [-0.2, -0.15) is 0 Å². The minimum Gasteiger partial charge on any atom is -0.378 e. The average molecular weight is 387 g/mol. The predicted octanol–water partition coefficient (Wildman–Crippen LogP) is 4.43. The van der Waals surface area contributed by atoms with Crippen LogP contribution in [0.25, 0.3) is 0 Å². The molecule has 0 saturated carbocycles. The molecule has 6 heteroatoms. The number of fused-ring (bicyclic) bond motifs is 1. The van der Waals surface area contributed by atoms with E-state index in [1.807, 2.05) is 24.3 Å². The van der Waals surface area contributed by atoms with Crippen LogP contribution >= 0.6 is 27.5 Å². The first-order valence-corrected chi connectivity index (χ1v) is 9.33. The lowest BCUT2D eigenvalue weighted by Crippen LogP contribution is -2.24. The molecule has 0 bridgehead atoms. The molecule has 0 spiro atoms. The van der Waals surface area contributed by atoms with E-state index < -0.39 is 9.84 Å². The molecule has 1 atom stereocenters. The van der Waals surface area contributed by atoms with Crippen molar-refractivity contribution in [3.63, 3.8) is 0 Å². The molecule has 1 aliphatic heterocycles. The molecule has 1 heterocycles. The third-order valence-corrected chi connectivity index (χ3v) is 6.59. The van der Waals surface area contributed by atoms with Gasteiger partial charge < -0.3 is 5.32 Å². The second-order valence-corrected chi connectivity index (χ2v) is 8.31. The SMILES string of the molecule is O=S1(=O)CCC(Nc2ccc(Cl)c(Br)c2)c2ccccc21. The molecule has 0 amide bonds. The van der Waals surface area contributed by atoms with Gasteiger partial charge in [0.25, 0.3) is 0 Å². The Morgan fingerprint density at radius 1 is 1.19 bits per heavy atom. The van der Waals surface area contributed by atoms with Crippen LogP contribution in [0, 0.1) is 0 Å². The minimum absolute atomic E-state index is 0.0159. The zero-order valence-corrected chi connectivity index (χ0v) is 14.2. The third kappa shape index (κ3) is 2.96. The van der Waals surface area contributed by atoms with E-state index in [0.717, 1.165) is 15.7 Å². The molecule has 3 rings (SSSR count). The predicted molar refractivity (Wildman–Crippen MR) is 88.6 cm³/mol. The van der Waals surface area contributed by atoms with Gasteiger partial charge in [-0.1, -0.05) is 29.8 Å². The van der Waals surface area contributed by atoms with E-state index in [4.69, 9.17) is 11.6 Å². The Morgan fingerprint density at radius 2 is 1.95 bits per heavy atom. The number of hydrogen-bond acceptors (Lipinski definition) is 3. The molecular formula is C15H13BrClNO2S. The van der Waals surface area contributed by atoms with Gasteiger partial charge in [-0.15, -0.1) is 0 Å². The Balaban J connectivity index is 1.95. The summed E-state index contributed by atoms with van der Waals surface area (Å²) in [4.78, 5) is 0.432. The highest BCUT2D eigenvalue weighted by molar-refractivity contribution is 9.10. The van der Waals surface area contributed by atoms with Crippen LogP contribution in [-0.4, -0.2) is 14.2 Å². The van der Waals surface area contributed by atoms with Gasteiger partial charge in [-0.05, 0) is 52.2 Å². The van der Waals surface area contributed by atoms with E-state index in [-0.39, 0.29) is 11.8 Å². The number of anilines is 1. The first-order chi connectivity index (χ1) is 9.97. The van der Waals surface area contributed by atoms with Crippen LogP contribution in [0.1, 0.15) is 18.0 Å². The van der Waals surface area contributed by atoms with Crippen molar-refractivity contribution in [3.8, 4) is 0 Å². The zero-order valence-electron chi connectivity index (χ0n) is 11.0. The van der Waals surface area contributed by atoms with Crippen LogP contribution in [-0.2, 0) is 9.84 Å². The summed E-state index contributed by atoms with van der Waals surface area (Å²) in [6.07, 6.45) is 0.555. The normalized spacial score (nSPS) is 19.8. The molecule has 21 heavy (non-hydrogen) atoms. The molecule has 3 nitrogen and oxygen atoms in total. The highest BCUT2D eigenvalue weighted by Crippen LogP contribution is 2.35. The van der Waals surface area contributed by atoms with E-state index in [1.54, 1.807) is 18.2 Å². The largest absolute Gasteiger partial charge is 0.378 e. The van der Waals surface area contributed by atoms with Crippen molar-refractivity contribution in [1.82, 2.24) is 0 Å². The van der Waals surface area contributed by atoms with Crippen molar-refractivity contribution >= 4 is 43.1 Å². The number of sulfone groups is 1. The molecule has 0 aliphatic carbocycles. The summed E-state index contributed by atoms with van der Waals surface area (Å²) in [5.74, 6) is 0.163. The number of halogens is 2. The van der Waals surface area contributed by atoms with Crippen LogP contribution in [0.5, 0.6) is 0 Å². The summed E-state index contributed by atoms with van der Waals surface area (Å²) in [5, 5.41) is 4.04. The lowest BCUT2D eigenvalue weighted by Gasteiger charge is -2.27. The summed E-state index contributed by atoms with van der Waals surface area (Å²) in [6.45, 7) is 0. The molecule has 2 aromatic rings. The van der Waals surface area contributed by atoms with Gasteiger partial charge in [0.15, 0.2) is 9.84 Å². The van der Waals surface area contributed by atoms with Crippen LogP contribution < -0.4 is 5.32 Å². The summed E-state index contributed by atoms with van der Waals surface area (Å²) in [7, 11) is -3.15. The Labute approximate surface area is 137 Å². The quantitative estimate of drug-likeness (QED) is 0.830. The molecule has 0 fully saturated rings. The Hall–Kier alpha value is -1.04. The first kappa shape index (κ1) is 14.9. The second kappa shape index (κ2) is 5.63. The van der Waals surface area contributed by atoms with Gasteiger partial charge in [0.2, 0.25) is 0 Å². The Kier molecular flexibility index (Phi) is 3.99. The molecule has 0 radical (unpaired) electrons. The van der Waals surface area contributed by atoms with Gasteiger partial charge >= 0.3 is 0 Å². The second-order valence-electron chi connectivity index (χ2n) is 4.97. The van der Waals surface area contributed by atoms with Gasteiger partial charge in [0.1, 0.15) is 0 Å². The molecular weight excluding hydrogens is 374 g/mol. The van der Waals surface area contributed by atoms with Crippen LogP contribution in [0.4, 0.5) is 5.69 Å². The summed E-state index contributed by atoms with van der Waals surface area (Å²) in [5.41, 5.74) is 1.74. The van der Waals surface area contributed by atoms with Gasteiger partial charge in [0.05, 0.1) is 21.7 Å².